The molecule has 3 aromatic heterocycles. The molecule has 7 heteroatoms. The number of likely N-dealkylation sites (tertiary alicyclic amines) is 1. The van der Waals surface area contributed by atoms with E-state index in [0.29, 0.717) is 17.4 Å². The lowest BCUT2D eigenvalue weighted by atomic mass is 9.92. The van der Waals surface area contributed by atoms with E-state index in [9.17, 15) is 9.59 Å². The molecule has 4 rings (SSSR count). The van der Waals surface area contributed by atoms with Crippen LogP contribution in [0.2, 0.25) is 0 Å². The van der Waals surface area contributed by atoms with Gasteiger partial charge >= 0.3 is 0 Å². The highest BCUT2D eigenvalue weighted by Gasteiger charge is 2.26. The molecule has 0 bridgehead atoms. The van der Waals surface area contributed by atoms with Crippen molar-refractivity contribution in [2.24, 2.45) is 11.8 Å². The van der Waals surface area contributed by atoms with Crippen LogP contribution in [-0.2, 0) is 11.3 Å². The Morgan fingerprint density at radius 2 is 2.04 bits per heavy atom. The number of fused-ring (bicyclic) bond motifs is 3. The summed E-state index contributed by atoms with van der Waals surface area (Å²) < 4.78 is 3.20. The van der Waals surface area contributed by atoms with Gasteiger partial charge in [0.1, 0.15) is 22.7 Å². The smallest absolute Gasteiger partial charge is 0.291 e. The Balaban J connectivity index is 1.68. The maximum absolute atomic E-state index is 12.8. The van der Waals surface area contributed by atoms with E-state index in [1.54, 1.807) is 11.3 Å². The first-order valence-corrected chi connectivity index (χ1v) is 9.56. The van der Waals surface area contributed by atoms with E-state index in [4.69, 9.17) is 0 Å². The number of carbonyl (C=O) groups excluding carboxylic acids is 1. The van der Waals surface area contributed by atoms with Crippen molar-refractivity contribution >= 4 is 33.0 Å². The molecule has 25 heavy (non-hydrogen) atoms. The van der Waals surface area contributed by atoms with Crippen LogP contribution in [0.5, 0.6) is 0 Å². The van der Waals surface area contributed by atoms with E-state index in [1.165, 1.54) is 4.68 Å². The highest BCUT2D eigenvalue weighted by molar-refractivity contribution is 7.16. The highest BCUT2D eigenvalue weighted by atomic mass is 32.1. The van der Waals surface area contributed by atoms with Crippen molar-refractivity contribution in [3.8, 4) is 0 Å². The molecule has 2 atom stereocenters. The zero-order chi connectivity index (χ0) is 17.7. The van der Waals surface area contributed by atoms with Gasteiger partial charge in [-0.3, -0.25) is 14.0 Å². The molecule has 1 amide bonds. The molecule has 0 unspecified atom stereocenters. The highest BCUT2D eigenvalue weighted by Crippen LogP contribution is 2.24. The number of nitrogens with zero attached hydrogens (tertiary/aromatic N) is 4. The Hall–Kier alpha value is -2.15. The summed E-state index contributed by atoms with van der Waals surface area (Å²) >= 11 is 1.59. The molecule has 1 fully saturated rings. The van der Waals surface area contributed by atoms with Crippen molar-refractivity contribution in [1.82, 2.24) is 19.1 Å². The van der Waals surface area contributed by atoms with Crippen molar-refractivity contribution in [2.45, 2.75) is 33.7 Å². The fourth-order valence-electron chi connectivity index (χ4n) is 4.00. The summed E-state index contributed by atoms with van der Waals surface area (Å²) in [7, 11) is 0. The maximum atomic E-state index is 12.8. The maximum Gasteiger partial charge on any atom is 0.291 e. The van der Waals surface area contributed by atoms with E-state index in [1.807, 2.05) is 33.7 Å². The van der Waals surface area contributed by atoms with Gasteiger partial charge in [0.05, 0.1) is 0 Å². The molecule has 0 aliphatic carbocycles. The summed E-state index contributed by atoms with van der Waals surface area (Å²) in [4.78, 5) is 28.4. The topological polar surface area (TPSA) is 59.6 Å². The standard InChI is InChI=1S/C18H22N4O2S/c1-11-6-12(2)9-20(8-11)16(23)10-21-17(24)15-7-14-4-5-25-18(14)22(15)13(3)19-21/h4-5,7,11-12H,6,8-10H2,1-3H3/t11-,12+. The van der Waals surface area contributed by atoms with Gasteiger partial charge in [0, 0.05) is 18.5 Å². The van der Waals surface area contributed by atoms with Crippen LogP contribution in [0.4, 0.5) is 0 Å². The molecule has 1 aliphatic rings. The zero-order valence-electron chi connectivity index (χ0n) is 14.7. The van der Waals surface area contributed by atoms with Gasteiger partial charge in [-0.1, -0.05) is 13.8 Å². The van der Waals surface area contributed by atoms with Crippen LogP contribution in [0.3, 0.4) is 0 Å². The number of hydrogen-bond acceptors (Lipinski definition) is 4. The molecule has 0 aromatic carbocycles. The zero-order valence-corrected chi connectivity index (χ0v) is 15.5. The Bertz CT molecular complexity index is 1010. The van der Waals surface area contributed by atoms with Gasteiger partial charge in [0.2, 0.25) is 5.91 Å². The summed E-state index contributed by atoms with van der Waals surface area (Å²) in [6.07, 6.45) is 1.15. The first kappa shape index (κ1) is 16.3. The summed E-state index contributed by atoms with van der Waals surface area (Å²) in [5.74, 6) is 1.70. The number of carbonyl (C=O) groups is 1. The number of aryl methyl sites for hydroxylation is 1. The molecule has 6 nitrogen and oxygen atoms in total. The Labute approximate surface area is 149 Å². The number of rotatable bonds is 2. The van der Waals surface area contributed by atoms with Crippen molar-refractivity contribution in [3.63, 3.8) is 0 Å². The number of aromatic nitrogens is 3. The van der Waals surface area contributed by atoms with Crippen molar-refractivity contribution in [1.29, 1.82) is 0 Å². The average molecular weight is 358 g/mol. The number of piperidine rings is 1. The summed E-state index contributed by atoms with van der Waals surface area (Å²) in [6, 6.07) is 3.88. The molecule has 0 N–H and O–H groups in total. The second-order valence-electron chi connectivity index (χ2n) is 7.30. The van der Waals surface area contributed by atoms with Gasteiger partial charge in [0.15, 0.2) is 0 Å². The number of thiophene rings is 1. The molecule has 0 spiro atoms. The average Bonchev–Trinajstić information content (AvgIpc) is 3.12. The first-order chi connectivity index (χ1) is 11.9. The van der Waals surface area contributed by atoms with Crippen molar-refractivity contribution in [2.75, 3.05) is 13.1 Å². The van der Waals surface area contributed by atoms with Crippen LogP contribution in [-0.4, -0.2) is 38.1 Å². The van der Waals surface area contributed by atoms with E-state index >= 15 is 0 Å². The summed E-state index contributed by atoms with van der Waals surface area (Å²) in [5.41, 5.74) is 0.378. The molecular weight excluding hydrogens is 336 g/mol. The quantitative estimate of drug-likeness (QED) is 0.707. The molecular formula is C18H22N4O2S. The third-order valence-electron chi connectivity index (χ3n) is 4.96. The minimum Gasteiger partial charge on any atom is -0.341 e. The normalized spacial score (nSPS) is 21.3. The number of hydrogen-bond donors (Lipinski definition) is 0. The second-order valence-corrected chi connectivity index (χ2v) is 8.20. The Kier molecular flexibility index (Phi) is 3.91. The Morgan fingerprint density at radius 1 is 1.32 bits per heavy atom. The van der Waals surface area contributed by atoms with Crippen LogP contribution in [0, 0.1) is 18.8 Å². The van der Waals surface area contributed by atoms with Gasteiger partial charge in [0.25, 0.3) is 5.56 Å². The van der Waals surface area contributed by atoms with Crippen LogP contribution in [0.1, 0.15) is 26.1 Å². The molecule has 3 aromatic rings. The Morgan fingerprint density at radius 3 is 2.76 bits per heavy atom. The largest absolute Gasteiger partial charge is 0.341 e. The van der Waals surface area contributed by atoms with Crippen LogP contribution in [0.25, 0.3) is 15.7 Å². The monoisotopic (exact) mass is 358 g/mol. The minimum absolute atomic E-state index is 0.00838. The summed E-state index contributed by atoms with van der Waals surface area (Å²) in [5, 5.41) is 7.44. The minimum atomic E-state index is -0.208. The van der Waals surface area contributed by atoms with Gasteiger partial charge in [-0.2, -0.15) is 5.10 Å². The van der Waals surface area contributed by atoms with E-state index in [2.05, 4.69) is 18.9 Å². The fourth-order valence-corrected chi connectivity index (χ4v) is 4.94. The van der Waals surface area contributed by atoms with Crippen molar-refractivity contribution < 1.29 is 4.79 Å². The molecule has 0 radical (unpaired) electrons. The molecule has 132 valence electrons. The van der Waals surface area contributed by atoms with E-state index in [0.717, 1.165) is 35.6 Å². The lowest BCUT2D eigenvalue weighted by molar-refractivity contribution is -0.134. The molecule has 0 saturated carbocycles. The molecule has 4 heterocycles. The fraction of sp³-hybridized carbons (Fsp3) is 0.500. The van der Waals surface area contributed by atoms with Crippen LogP contribution >= 0.6 is 11.3 Å². The predicted octanol–water partition coefficient (Wildman–Crippen LogP) is 2.52. The van der Waals surface area contributed by atoms with Gasteiger partial charge in [-0.15, -0.1) is 11.3 Å². The third-order valence-corrected chi connectivity index (χ3v) is 5.87. The van der Waals surface area contributed by atoms with Crippen LogP contribution < -0.4 is 5.56 Å². The van der Waals surface area contributed by atoms with Gasteiger partial charge in [-0.05, 0) is 42.7 Å². The lowest BCUT2D eigenvalue weighted by Gasteiger charge is -2.35. The van der Waals surface area contributed by atoms with Crippen LogP contribution in [0.15, 0.2) is 22.3 Å². The molecule has 1 aliphatic heterocycles. The van der Waals surface area contributed by atoms with Crippen molar-refractivity contribution in [3.05, 3.63) is 33.7 Å². The second kappa shape index (κ2) is 5.98. The van der Waals surface area contributed by atoms with Gasteiger partial charge in [-0.25, -0.2) is 4.68 Å². The SMILES string of the molecule is Cc1nn(CC(=O)N2C[C@H](C)C[C@H](C)C2)c(=O)c2cc3ccsc3n12. The summed E-state index contributed by atoms with van der Waals surface area (Å²) in [6.45, 7) is 7.75. The van der Waals surface area contributed by atoms with E-state index in [-0.39, 0.29) is 18.0 Å². The predicted molar refractivity (Wildman–Crippen MR) is 99.1 cm³/mol. The molecule has 1 saturated heterocycles. The lowest BCUT2D eigenvalue weighted by Crippen LogP contribution is -2.45. The number of amides is 1. The third kappa shape index (κ3) is 2.76. The van der Waals surface area contributed by atoms with E-state index < -0.39 is 0 Å². The van der Waals surface area contributed by atoms with Gasteiger partial charge < -0.3 is 4.90 Å². The first-order valence-electron chi connectivity index (χ1n) is 8.68.